The highest BCUT2D eigenvalue weighted by Crippen LogP contribution is 2.23. The van der Waals surface area contributed by atoms with Gasteiger partial charge in [0.1, 0.15) is 11.6 Å². The Hall–Kier alpha value is -2.70. The number of aromatic nitrogens is 1. The van der Waals surface area contributed by atoms with Crippen molar-refractivity contribution in [2.75, 3.05) is 26.2 Å². The third kappa shape index (κ3) is 4.55. The number of oxazole rings is 1. The number of amides is 1. The van der Waals surface area contributed by atoms with E-state index in [1.54, 1.807) is 12.1 Å². The number of hydrogen-bond donors (Lipinski definition) is 0. The van der Waals surface area contributed by atoms with Crippen molar-refractivity contribution in [1.82, 2.24) is 14.8 Å². The molecule has 0 unspecified atom stereocenters. The van der Waals surface area contributed by atoms with Crippen molar-refractivity contribution < 1.29 is 13.6 Å². The van der Waals surface area contributed by atoms with E-state index in [2.05, 4.69) is 9.88 Å². The van der Waals surface area contributed by atoms with Gasteiger partial charge in [0.15, 0.2) is 0 Å². The van der Waals surface area contributed by atoms with Crippen LogP contribution in [-0.2, 0) is 17.8 Å². The summed E-state index contributed by atoms with van der Waals surface area (Å²) in [5, 5.41) is 0.434. The van der Waals surface area contributed by atoms with Crippen molar-refractivity contribution in [2.45, 2.75) is 19.9 Å². The fourth-order valence-corrected chi connectivity index (χ4v) is 3.84. The molecule has 1 aliphatic rings. The third-order valence-electron chi connectivity index (χ3n) is 5.40. The molecule has 1 saturated heterocycles. The molecule has 0 spiro atoms. The molecule has 0 aliphatic carbocycles. The Kier molecular flexibility index (Phi) is 6.16. The van der Waals surface area contributed by atoms with Gasteiger partial charge in [-0.05, 0) is 31.2 Å². The van der Waals surface area contributed by atoms with Crippen LogP contribution >= 0.6 is 11.6 Å². The van der Waals surface area contributed by atoms with Gasteiger partial charge in [-0.3, -0.25) is 9.69 Å². The zero-order chi connectivity index (χ0) is 21.1. The molecule has 30 heavy (non-hydrogen) atoms. The topological polar surface area (TPSA) is 49.6 Å². The van der Waals surface area contributed by atoms with Crippen LogP contribution in [0.25, 0.3) is 11.5 Å². The minimum atomic E-state index is -0.295. The van der Waals surface area contributed by atoms with E-state index in [0.29, 0.717) is 60.7 Å². The molecule has 2 heterocycles. The molecule has 0 N–H and O–H groups in total. The summed E-state index contributed by atoms with van der Waals surface area (Å²) in [5.74, 6) is 0.920. The highest BCUT2D eigenvalue weighted by atomic mass is 35.5. The standard InChI is InChI=1S/C23H23ClFN3O2/c1-16-21(26-23(30-16)17-6-3-2-4-7-17)14-22(29)28-12-10-27(11-13-28)15-18-19(24)8-5-9-20(18)25/h2-9H,10-15H2,1H3. The Morgan fingerprint density at radius 2 is 1.83 bits per heavy atom. The normalized spacial score (nSPS) is 14.8. The molecule has 5 nitrogen and oxygen atoms in total. The van der Waals surface area contributed by atoms with Gasteiger partial charge in [-0.1, -0.05) is 35.9 Å². The van der Waals surface area contributed by atoms with E-state index in [-0.39, 0.29) is 18.1 Å². The SMILES string of the molecule is Cc1oc(-c2ccccc2)nc1CC(=O)N1CCN(Cc2c(F)cccc2Cl)CC1. The van der Waals surface area contributed by atoms with Gasteiger partial charge in [-0.25, -0.2) is 9.37 Å². The summed E-state index contributed by atoms with van der Waals surface area (Å²) in [7, 11) is 0. The summed E-state index contributed by atoms with van der Waals surface area (Å²) in [6, 6.07) is 14.4. The first-order chi connectivity index (χ1) is 14.5. The molecular weight excluding hydrogens is 405 g/mol. The second-order valence-electron chi connectivity index (χ2n) is 7.42. The van der Waals surface area contributed by atoms with E-state index in [1.807, 2.05) is 42.2 Å². The summed E-state index contributed by atoms with van der Waals surface area (Å²) in [6.45, 7) is 4.79. The van der Waals surface area contributed by atoms with Crippen LogP contribution in [-0.4, -0.2) is 46.9 Å². The average molecular weight is 428 g/mol. The van der Waals surface area contributed by atoms with Crippen molar-refractivity contribution in [3.05, 3.63) is 76.4 Å². The fraction of sp³-hybridized carbons (Fsp3) is 0.304. The maximum Gasteiger partial charge on any atom is 0.228 e. The van der Waals surface area contributed by atoms with Gasteiger partial charge in [-0.15, -0.1) is 0 Å². The summed E-state index contributed by atoms with van der Waals surface area (Å²) in [4.78, 5) is 21.3. The predicted molar refractivity (Wildman–Crippen MR) is 114 cm³/mol. The minimum absolute atomic E-state index is 0.0228. The smallest absolute Gasteiger partial charge is 0.228 e. The molecule has 3 aromatic rings. The number of halogens is 2. The maximum absolute atomic E-state index is 14.0. The largest absolute Gasteiger partial charge is 0.441 e. The Labute approximate surface area is 180 Å². The lowest BCUT2D eigenvalue weighted by molar-refractivity contribution is -0.132. The molecule has 0 atom stereocenters. The van der Waals surface area contributed by atoms with Crippen LogP contribution in [0.2, 0.25) is 5.02 Å². The van der Waals surface area contributed by atoms with Crippen LogP contribution in [0, 0.1) is 12.7 Å². The molecule has 0 bridgehead atoms. The highest BCUT2D eigenvalue weighted by Gasteiger charge is 2.24. The summed E-state index contributed by atoms with van der Waals surface area (Å²) in [5.41, 5.74) is 2.06. The van der Waals surface area contributed by atoms with Crippen molar-refractivity contribution in [1.29, 1.82) is 0 Å². The van der Waals surface area contributed by atoms with Gasteiger partial charge in [-0.2, -0.15) is 0 Å². The van der Waals surface area contributed by atoms with Crippen LogP contribution < -0.4 is 0 Å². The molecule has 1 aliphatic heterocycles. The zero-order valence-electron chi connectivity index (χ0n) is 16.8. The fourth-order valence-electron chi connectivity index (χ4n) is 3.61. The lowest BCUT2D eigenvalue weighted by atomic mass is 10.1. The Morgan fingerprint density at radius 3 is 2.53 bits per heavy atom. The maximum atomic E-state index is 14.0. The summed E-state index contributed by atoms with van der Waals surface area (Å²) in [6.07, 6.45) is 0.210. The molecule has 0 radical (unpaired) electrons. The van der Waals surface area contributed by atoms with Crippen molar-refractivity contribution in [2.24, 2.45) is 0 Å². The van der Waals surface area contributed by atoms with E-state index in [9.17, 15) is 9.18 Å². The van der Waals surface area contributed by atoms with Crippen LogP contribution in [0.1, 0.15) is 17.0 Å². The molecule has 7 heteroatoms. The Bertz CT molecular complexity index is 1010. The second kappa shape index (κ2) is 8.98. The molecule has 156 valence electrons. The monoisotopic (exact) mass is 427 g/mol. The van der Waals surface area contributed by atoms with E-state index in [4.69, 9.17) is 16.0 Å². The number of carbonyl (C=O) groups excluding carboxylic acids is 1. The Balaban J connectivity index is 1.34. The first kappa shape index (κ1) is 20.6. The quantitative estimate of drug-likeness (QED) is 0.608. The lowest BCUT2D eigenvalue weighted by Crippen LogP contribution is -2.48. The molecular formula is C23H23ClFN3O2. The molecule has 0 saturated carbocycles. The number of nitrogens with zero attached hydrogens (tertiary/aromatic N) is 3. The van der Waals surface area contributed by atoms with E-state index < -0.39 is 0 Å². The zero-order valence-corrected chi connectivity index (χ0v) is 17.5. The minimum Gasteiger partial charge on any atom is -0.441 e. The van der Waals surface area contributed by atoms with E-state index in [1.165, 1.54) is 6.07 Å². The second-order valence-corrected chi connectivity index (χ2v) is 7.83. The number of piperazine rings is 1. The van der Waals surface area contributed by atoms with E-state index >= 15 is 0 Å². The summed E-state index contributed by atoms with van der Waals surface area (Å²) < 4.78 is 19.8. The Morgan fingerprint density at radius 1 is 1.10 bits per heavy atom. The molecule has 4 rings (SSSR count). The lowest BCUT2D eigenvalue weighted by Gasteiger charge is -2.35. The molecule has 1 fully saturated rings. The number of carbonyl (C=O) groups is 1. The molecule has 1 aromatic heterocycles. The van der Waals surface area contributed by atoms with Gasteiger partial charge >= 0.3 is 0 Å². The third-order valence-corrected chi connectivity index (χ3v) is 5.75. The van der Waals surface area contributed by atoms with Crippen LogP contribution in [0.5, 0.6) is 0 Å². The number of rotatable bonds is 5. The first-order valence-corrected chi connectivity index (χ1v) is 10.3. The van der Waals surface area contributed by atoms with E-state index in [0.717, 1.165) is 5.56 Å². The van der Waals surface area contributed by atoms with Gasteiger partial charge in [0, 0.05) is 48.9 Å². The molecule has 2 aromatic carbocycles. The number of benzene rings is 2. The van der Waals surface area contributed by atoms with Gasteiger partial charge < -0.3 is 9.32 Å². The summed E-state index contributed by atoms with van der Waals surface area (Å²) >= 11 is 6.13. The highest BCUT2D eigenvalue weighted by molar-refractivity contribution is 6.31. The number of aryl methyl sites for hydroxylation is 1. The average Bonchev–Trinajstić information content (AvgIpc) is 3.12. The van der Waals surface area contributed by atoms with Crippen LogP contribution in [0.15, 0.2) is 52.9 Å². The molecule has 1 amide bonds. The van der Waals surface area contributed by atoms with Gasteiger partial charge in [0.25, 0.3) is 0 Å². The number of hydrogen-bond acceptors (Lipinski definition) is 4. The first-order valence-electron chi connectivity index (χ1n) is 9.96. The van der Waals surface area contributed by atoms with Crippen molar-refractivity contribution in [3.63, 3.8) is 0 Å². The van der Waals surface area contributed by atoms with Crippen molar-refractivity contribution >= 4 is 17.5 Å². The van der Waals surface area contributed by atoms with Gasteiger partial charge in [0.05, 0.1) is 12.1 Å². The van der Waals surface area contributed by atoms with Gasteiger partial charge in [0.2, 0.25) is 11.8 Å². The van der Waals surface area contributed by atoms with Crippen molar-refractivity contribution in [3.8, 4) is 11.5 Å². The van der Waals surface area contributed by atoms with Crippen LogP contribution in [0.3, 0.4) is 0 Å². The van der Waals surface area contributed by atoms with Crippen LogP contribution in [0.4, 0.5) is 4.39 Å². The predicted octanol–water partition coefficient (Wildman–Crippen LogP) is 4.33.